The van der Waals surface area contributed by atoms with Crippen molar-refractivity contribution in [3.05, 3.63) is 30.4 Å². The number of hydrogen-bond donors (Lipinski definition) is 0. The Bertz CT molecular complexity index is 839. The first kappa shape index (κ1) is 17.4. The lowest BCUT2D eigenvalue weighted by Crippen LogP contribution is -2.39. The Morgan fingerprint density at radius 2 is 2.11 bits per heavy atom. The van der Waals surface area contributed by atoms with Gasteiger partial charge in [0.15, 0.2) is 5.60 Å². The Hall–Kier alpha value is -2.97. The van der Waals surface area contributed by atoms with Crippen LogP contribution in [0.1, 0.15) is 25.2 Å². The summed E-state index contributed by atoms with van der Waals surface area (Å²) in [4.78, 5) is 35.7. The van der Waals surface area contributed by atoms with Crippen LogP contribution in [0.25, 0.3) is 11.4 Å². The van der Waals surface area contributed by atoms with E-state index in [1.807, 2.05) is 12.1 Å². The molecule has 4 heterocycles. The third kappa shape index (κ3) is 3.62. The van der Waals surface area contributed by atoms with Crippen molar-refractivity contribution in [1.29, 1.82) is 0 Å². The molecule has 2 amide bonds. The van der Waals surface area contributed by atoms with E-state index in [2.05, 4.69) is 15.1 Å². The first-order valence-corrected chi connectivity index (χ1v) is 9.00. The molecule has 27 heavy (non-hydrogen) atoms. The predicted octanol–water partition coefficient (Wildman–Crippen LogP) is 1.51. The maximum atomic E-state index is 12.5. The summed E-state index contributed by atoms with van der Waals surface area (Å²) in [7, 11) is 1.71. The minimum absolute atomic E-state index is 0.0614. The minimum atomic E-state index is -0.534. The normalized spacial score (nSPS) is 21.9. The van der Waals surface area contributed by atoms with Crippen molar-refractivity contribution in [2.75, 3.05) is 26.7 Å². The average Bonchev–Trinajstić information content (AvgIpc) is 3.36. The molecule has 1 spiro atoms. The van der Waals surface area contributed by atoms with Crippen molar-refractivity contribution in [3.63, 3.8) is 0 Å². The molecule has 142 valence electrons. The summed E-state index contributed by atoms with van der Waals surface area (Å²) in [5, 5.41) is 3.96. The Morgan fingerprint density at radius 3 is 2.85 bits per heavy atom. The maximum absolute atomic E-state index is 12.5. The van der Waals surface area contributed by atoms with Crippen molar-refractivity contribution in [1.82, 2.24) is 24.9 Å². The number of aromatic nitrogens is 3. The van der Waals surface area contributed by atoms with Gasteiger partial charge in [0.1, 0.15) is 0 Å². The molecule has 2 aliphatic heterocycles. The first-order chi connectivity index (χ1) is 13.0. The van der Waals surface area contributed by atoms with E-state index in [-0.39, 0.29) is 12.0 Å². The summed E-state index contributed by atoms with van der Waals surface area (Å²) < 4.78 is 10.7. The molecular weight excluding hydrogens is 350 g/mol. The smallest absolute Gasteiger partial charge is 0.410 e. The molecule has 1 atom stereocenters. The molecule has 4 rings (SSSR count). The summed E-state index contributed by atoms with van der Waals surface area (Å²) in [5.74, 6) is 1.09. The number of pyridine rings is 1. The Morgan fingerprint density at radius 1 is 1.30 bits per heavy atom. The lowest BCUT2D eigenvalue weighted by molar-refractivity contribution is -0.131. The van der Waals surface area contributed by atoms with E-state index < -0.39 is 5.60 Å². The first-order valence-electron chi connectivity index (χ1n) is 9.00. The van der Waals surface area contributed by atoms with Gasteiger partial charge in [-0.25, -0.2) is 4.79 Å². The van der Waals surface area contributed by atoms with E-state index in [9.17, 15) is 9.59 Å². The highest BCUT2D eigenvalue weighted by molar-refractivity contribution is 5.77. The molecule has 0 N–H and O–H groups in total. The van der Waals surface area contributed by atoms with Crippen LogP contribution in [0.4, 0.5) is 4.79 Å². The van der Waals surface area contributed by atoms with Crippen LogP contribution in [0.15, 0.2) is 29.0 Å². The lowest BCUT2D eigenvalue weighted by atomic mass is 10.0. The summed E-state index contributed by atoms with van der Waals surface area (Å²) in [6, 6.07) is 3.63. The van der Waals surface area contributed by atoms with Crippen LogP contribution in [0, 0.1) is 0 Å². The standard InChI is InChI=1S/C18H21N5O4/c1-22-11-18(26-17(22)25)7-10-23(12-18)15(24)4-2-3-14-20-16(21-27-14)13-5-8-19-9-6-13/h5-6,8-9H,2-4,7,10-12H2,1H3. The van der Waals surface area contributed by atoms with Crippen molar-refractivity contribution >= 4 is 12.0 Å². The number of carbonyl (C=O) groups is 2. The van der Waals surface area contributed by atoms with E-state index in [0.29, 0.717) is 57.0 Å². The Labute approximate surface area is 156 Å². The van der Waals surface area contributed by atoms with Gasteiger partial charge in [0, 0.05) is 50.8 Å². The highest BCUT2D eigenvalue weighted by Gasteiger charge is 2.49. The fraction of sp³-hybridized carbons (Fsp3) is 0.500. The molecule has 1 unspecified atom stereocenters. The molecule has 2 aromatic heterocycles. The van der Waals surface area contributed by atoms with Gasteiger partial charge < -0.3 is 19.1 Å². The number of amides is 2. The molecule has 0 aliphatic carbocycles. The third-order valence-electron chi connectivity index (χ3n) is 5.00. The van der Waals surface area contributed by atoms with Gasteiger partial charge in [-0.15, -0.1) is 0 Å². The third-order valence-corrected chi connectivity index (χ3v) is 5.00. The molecule has 2 fully saturated rings. The summed E-state index contributed by atoms with van der Waals surface area (Å²) in [6.45, 7) is 1.62. The lowest BCUT2D eigenvalue weighted by Gasteiger charge is -2.21. The van der Waals surface area contributed by atoms with Gasteiger partial charge in [0.05, 0.1) is 13.1 Å². The van der Waals surface area contributed by atoms with Gasteiger partial charge in [-0.1, -0.05) is 5.16 Å². The van der Waals surface area contributed by atoms with Gasteiger partial charge in [-0.2, -0.15) is 4.98 Å². The van der Waals surface area contributed by atoms with Gasteiger partial charge in [0.25, 0.3) is 0 Å². The van der Waals surface area contributed by atoms with Crippen molar-refractivity contribution < 1.29 is 18.8 Å². The van der Waals surface area contributed by atoms with Gasteiger partial charge in [-0.05, 0) is 18.6 Å². The van der Waals surface area contributed by atoms with Gasteiger partial charge >= 0.3 is 6.09 Å². The predicted molar refractivity (Wildman–Crippen MR) is 93.5 cm³/mol. The van der Waals surface area contributed by atoms with Crippen molar-refractivity contribution in [2.24, 2.45) is 0 Å². The second-order valence-electron chi connectivity index (χ2n) is 7.07. The van der Waals surface area contributed by atoms with E-state index >= 15 is 0 Å². The SMILES string of the molecule is CN1CC2(CCN(C(=O)CCCc3nc(-c4ccncc4)no3)C2)OC1=O. The zero-order valence-corrected chi connectivity index (χ0v) is 15.1. The number of rotatable bonds is 5. The number of ether oxygens (including phenoxy) is 1. The largest absolute Gasteiger partial charge is 0.439 e. The molecule has 0 aromatic carbocycles. The zero-order chi connectivity index (χ0) is 18.9. The minimum Gasteiger partial charge on any atom is -0.439 e. The van der Waals surface area contributed by atoms with E-state index in [1.54, 1.807) is 29.2 Å². The van der Waals surface area contributed by atoms with Crippen LogP contribution < -0.4 is 0 Å². The van der Waals surface area contributed by atoms with Crippen molar-refractivity contribution in [3.8, 4) is 11.4 Å². The molecule has 0 saturated carbocycles. The average molecular weight is 371 g/mol. The highest BCUT2D eigenvalue weighted by Crippen LogP contribution is 2.32. The summed E-state index contributed by atoms with van der Waals surface area (Å²) in [6.07, 6.45) is 5.28. The number of likely N-dealkylation sites (tertiary alicyclic amines) is 1. The topological polar surface area (TPSA) is 102 Å². The second-order valence-corrected chi connectivity index (χ2v) is 7.07. The molecule has 2 saturated heterocycles. The van der Waals surface area contributed by atoms with Crippen LogP contribution in [0.3, 0.4) is 0 Å². The number of likely N-dealkylation sites (N-methyl/N-ethyl adjacent to an activating group) is 1. The number of hydrogen-bond acceptors (Lipinski definition) is 7. The molecule has 9 heteroatoms. The molecule has 0 radical (unpaired) electrons. The Balaban J connectivity index is 1.26. The quantitative estimate of drug-likeness (QED) is 0.785. The Kier molecular flexibility index (Phi) is 4.51. The molecule has 9 nitrogen and oxygen atoms in total. The van der Waals surface area contributed by atoms with Crippen LogP contribution in [-0.4, -0.2) is 69.2 Å². The van der Waals surface area contributed by atoms with Crippen LogP contribution in [-0.2, 0) is 16.0 Å². The second kappa shape index (κ2) is 6.98. The molecule has 2 aromatic rings. The van der Waals surface area contributed by atoms with Crippen LogP contribution >= 0.6 is 0 Å². The summed E-state index contributed by atoms with van der Waals surface area (Å²) >= 11 is 0. The number of aryl methyl sites for hydroxylation is 1. The number of carbonyl (C=O) groups excluding carboxylic acids is 2. The fourth-order valence-corrected chi connectivity index (χ4v) is 3.59. The van der Waals surface area contributed by atoms with E-state index in [0.717, 1.165) is 5.56 Å². The van der Waals surface area contributed by atoms with Crippen LogP contribution in [0.5, 0.6) is 0 Å². The summed E-state index contributed by atoms with van der Waals surface area (Å²) in [5.41, 5.74) is 0.308. The zero-order valence-electron chi connectivity index (χ0n) is 15.1. The highest BCUT2D eigenvalue weighted by atomic mass is 16.6. The van der Waals surface area contributed by atoms with Gasteiger partial charge in [-0.3, -0.25) is 9.78 Å². The maximum Gasteiger partial charge on any atom is 0.410 e. The van der Waals surface area contributed by atoms with Crippen molar-refractivity contribution in [2.45, 2.75) is 31.3 Å². The van der Waals surface area contributed by atoms with Crippen LogP contribution in [0.2, 0.25) is 0 Å². The molecule has 2 aliphatic rings. The monoisotopic (exact) mass is 371 g/mol. The fourth-order valence-electron chi connectivity index (χ4n) is 3.59. The van der Waals surface area contributed by atoms with E-state index in [1.165, 1.54) is 0 Å². The number of nitrogens with zero attached hydrogens (tertiary/aromatic N) is 5. The molecule has 0 bridgehead atoms. The van der Waals surface area contributed by atoms with E-state index in [4.69, 9.17) is 9.26 Å². The molecular formula is C18H21N5O4. The van der Waals surface area contributed by atoms with Gasteiger partial charge in [0.2, 0.25) is 17.6 Å².